The Morgan fingerprint density at radius 1 is 1.00 bits per heavy atom. The summed E-state index contributed by atoms with van der Waals surface area (Å²) in [5.74, 6) is 2.67. The minimum absolute atomic E-state index is 0.238. The van der Waals surface area contributed by atoms with E-state index in [2.05, 4.69) is 15.0 Å². The molecule has 0 spiro atoms. The van der Waals surface area contributed by atoms with Gasteiger partial charge < -0.3 is 28.1 Å². The molecule has 36 heavy (non-hydrogen) atoms. The van der Waals surface area contributed by atoms with Gasteiger partial charge in [0, 0.05) is 25.0 Å². The number of rotatable bonds is 6. The van der Waals surface area contributed by atoms with Crippen LogP contribution in [0.15, 0.2) is 67.5 Å². The average molecular weight is 484 g/mol. The molecule has 3 aromatic heterocycles. The van der Waals surface area contributed by atoms with Crippen molar-refractivity contribution in [2.24, 2.45) is 7.05 Å². The monoisotopic (exact) mass is 483 g/mol. The highest BCUT2D eigenvalue weighted by Crippen LogP contribution is 2.44. The summed E-state index contributed by atoms with van der Waals surface area (Å²) in [5, 5.41) is 0. The molecule has 0 saturated carbocycles. The predicted molar refractivity (Wildman–Crippen MR) is 134 cm³/mol. The number of imidazole rings is 2. The number of hydrogen-bond donors (Lipinski definition) is 0. The molecule has 0 radical (unpaired) electrons. The van der Waals surface area contributed by atoms with Crippen molar-refractivity contribution in [3.05, 3.63) is 78.6 Å². The number of benzene rings is 2. The normalized spacial score (nSPS) is 14.7. The zero-order chi connectivity index (χ0) is 24.6. The standard InChI is InChI=1S/C27H25N5O4/c1-31-13-22(29-15-31)19-10-21-27(28-11-19)32(16-30-21)12-17-8-23(34-3)26-24(9-17)35-14-25(36-26)18-4-6-20(33-2)7-5-18/h4-11,13,15-16,25H,12,14H2,1-3H3. The minimum atomic E-state index is -0.238. The molecule has 0 saturated heterocycles. The van der Waals surface area contributed by atoms with Crippen molar-refractivity contribution in [1.29, 1.82) is 0 Å². The Hall–Kier alpha value is -4.53. The van der Waals surface area contributed by atoms with Crippen LogP contribution in [-0.4, -0.2) is 44.9 Å². The third kappa shape index (κ3) is 3.98. The van der Waals surface area contributed by atoms with E-state index in [9.17, 15) is 0 Å². The van der Waals surface area contributed by atoms with Crippen molar-refractivity contribution in [2.75, 3.05) is 20.8 Å². The van der Waals surface area contributed by atoms with Crippen LogP contribution in [0.1, 0.15) is 17.2 Å². The molecule has 6 rings (SSSR count). The maximum Gasteiger partial charge on any atom is 0.204 e. The molecule has 1 unspecified atom stereocenters. The fourth-order valence-electron chi connectivity index (χ4n) is 4.38. The Kier molecular flexibility index (Phi) is 5.44. The highest BCUT2D eigenvalue weighted by atomic mass is 16.6. The number of pyridine rings is 1. The van der Waals surface area contributed by atoms with Crippen molar-refractivity contribution in [1.82, 2.24) is 24.1 Å². The summed E-state index contributed by atoms with van der Waals surface area (Å²) in [5.41, 5.74) is 5.40. The van der Waals surface area contributed by atoms with E-state index in [1.807, 2.05) is 71.0 Å². The molecule has 4 heterocycles. The maximum atomic E-state index is 6.30. The number of aromatic nitrogens is 5. The molecule has 1 aliphatic rings. The Labute approximate surface area is 207 Å². The Balaban J connectivity index is 1.26. The fourth-order valence-corrected chi connectivity index (χ4v) is 4.38. The molecule has 0 fully saturated rings. The summed E-state index contributed by atoms with van der Waals surface area (Å²) < 4.78 is 27.3. The van der Waals surface area contributed by atoms with Crippen LogP contribution in [0.5, 0.6) is 23.0 Å². The molecule has 182 valence electrons. The summed E-state index contributed by atoms with van der Waals surface area (Å²) >= 11 is 0. The van der Waals surface area contributed by atoms with Crippen molar-refractivity contribution in [2.45, 2.75) is 12.6 Å². The summed E-state index contributed by atoms with van der Waals surface area (Å²) in [6.45, 7) is 0.957. The van der Waals surface area contributed by atoms with E-state index in [1.54, 1.807) is 26.9 Å². The van der Waals surface area contributed by atoms with Crippen molar-refractivity contribution < 1.29 is 18.9 Å². The highest BCUT2D eigenvalue weighted by molar-refractivity contribution is 5.77. The number of methoxy groups -OCH3 is 2. The first-order valence-corrected chi connectivity index (χ1v) is 11.5. The van der Waals surface area contributed by atoms with E-state index >= 15 is 0 Å². The van der Waals surface area contributed by atoms with Crippen LogP contribution < -0.4 is 18.9 Å². The number of nitrogens with zero attached hydrogens (tertiary/aromatic N) is 5. The number of fused-ring (bicyclic) bond motifs is 2. The lowest BCUT2D eigenvalue weighted by Gasteiger charge is -2.28. The van der Waals surface area contributed by atoms with E-state index in [4.69, 9.17) is 18.9 Å². The van der Waals surface area contributed by atoms with Gasteiger partial charge in [-0.25, -0.2) is 15.0 Å². The van der Waals surface area contributed by atoms with Crippen molar-refractivity contribution >= 4 is 11.2 Å². The molecule has 1 aliphatic heterocycles. The first kappa shape index (κ1) is 22.0. The van der Waals surface area contributed by atoms with Gasteiger partial charge in [-0.1, -0.05) is 12.1 Å². The van der Waals surface area contributed by atoms with Gasteiger partial charge in [0.15, 0.2) is 23.3 Å². The third-order valence-corrected chi connectivity index (χ3v) is 6.25. The van der Waals surface area contributed by atoms with E-state index in [0.717, 1.165) is 39.3 Å². The zero-order valence-electron chi connectivity index (χ0n) is 20.2. The Morgan fingerprint density at radius 2 is 1.86 bits per heavy atom. The second-order valence-corrected chi connectivity index (χ2v) is 8.68. The SMILES string of the molecule is COc1ccc(C2COc3cc(Cn4cnc5cc(-c6cn(C)cn6)cnc54)cc(OC)c3O2)cc1. The Bertz CT molecular complexity index is 1520. The van der Waals surface area contributed by atoms with E-state index in [0.29, 0.717) is 30.4 Å². The lowest BCUT2D eigenvalue weighted by molar-refractivity contribution is 0.0869. The zero-order valence-corrected chi connectivity index (χ0v) is 20.2. The van der Waals surface area contributed by atoms with E-state index in [1.165, 1.54) is 0 Å². The van der Waals surface area contributed by atoms with Gasteiger partial charge in [-0.15, -0.1) is 0 Å². The minimum Gasteiger partial charge on any atom is -0.497 e. The lowest BCUT2D eigenvalue weighted by Crippen LogP contribution is -2.22. The van der Waals surface area contributed by atoms with Gasteiger partial charge in [-0.05, 0) is 41.5 Å². The van der Waals surface area contributed by atoms with Crippen LogP contribution in [0.2, 0.25) is 0 Å². The Morgan fingerprint density at radius 3 is 2.61 bits per heavy atom. The van der Waals surface area contributed by atoms with Gasteiger partial charge in [0.05, 0.1) is 39.1 Å². The number of aryl methyl sites for hydroxylation is 1. The van der Waals surface area contributed by atoms with E-state index < -0.39 is 0 Å². The van der Waals surface area contributed by atoms with Gasteiger partial charge in [-0.3, -0.25) is 0 Å². The maximum absolute atomic E-state index is 6.30. The molecule has 5 aromatic rings. The average Bonchev–Trinajstić information content (AvgIpc) is 3.53. The molecule has 1 atom stereocenters. The third-order valence-electron chi connectivity index (χ3n) is 6.25. The molecule has 0 bridgehead atoms. The number of hydrogen-bond acceptors (Lipinski definition) is 7. The van der Waals surface area contributed by atoms with Gasteiger partial charge in [0.25, 0.3) is 0 Å². The molecular formula is C27H25N5O4. The lowest BCUT2D eigenvalue weighted by atomic mass is 10.1. The fraction of sp³-hybridized carbons (Fsp3) is 0.222. The van der Waals surface area contributed by atoms with Gasteiger partial charge in [-0.2, -0.15) is 0 Å². The van der Waals surface area contributed by atoms with Crippen LogP contribution in [-0.2, 0) is 13.6 Å². The van der Waals surface area contributed by atoms with Crippen LogP contribution in [0.25, 0.3) is 22.4 Å². The second kappa shape index (κ2) is 8.92. The molecule has 0 aliphatic carbocycles. The van der Waals surface area contributed by atoms with Gasteiger partial charge in [0.2, 0.25) is 5.75 Å². The first-order valence-electron chi connectivity index (χ1n) is 11.5. The quantitative estimate of drug-likeness (QED) is 0.354. The summed E-state index contributed by atoms with van der Waals surface area (Å²) in [6, 6.07) is 13.7. The summed E-state index contributed by atoms with van der Waals surface area (Å²) in [7, 11) is 5.22. The first-order chi connectivity index (χ1) is 17.6. The van der Waals surface area contributed by atoms with Crippen LogP contribution in [0, 0.1) is 0 Å². The largest absolute Gasteiger partial charge is 0.497 e. The predicted octanol–water partition coefficient (Wildman–Crippen LogP) is 4.41. The number of ether oxygens (including phenoxy) is 4. The highest BCUT2D eigenvalue weighted by Gasteiger charge is 2.27. The van der Waals surface area contributed by atoms with Crippen molar-refractivity contribution in [3.8, 4) is 34.3 Å². The van der Waals surface area contributed by atoms with E-state index in [-0.39, 0.29) is 6.10 Å². The molecular weight excluding hydrogens is 458 g/mol. The van der Waals surface area contributed by atoms with Crippen LogP contribution in [0.4, 0.5) is 0 Å². The van der Waals surface area contributed by atoms with Crippen molar-refractivity contribution in [3.63, 3.8) is 0 Å². The van der Waals surface area contributed by atoms with Crippen LogP contribution >= 0.6 is 0 Å². The van der Waals surface area contributed by atoms with Gasteiger partial charge in [0.1, 0.15) is 17.9 Å². The summed E-state index contributed by atoms with van der Waals surface area (Å²) in [4.78, 5) is 13.6. The summed E-state index contributed by atoms with van der Waals surface area (Å²) in [6.07, 6.45) is 7.11. The second-order valence-electron chi connectivity index (χ2n) is 8.68. The molecule has 0 amide bonds. The molecule has 0 N–H and O–H groups in total. The van der Waals surface area contributed by atoms with Gasteiger partial charge >= 0.3 is 0 Å². The molecule has 2 aromatic carbocycles. The smallest absolute Gasteiger partial charge is 0.204 e. The molecule has 9 nitrogen and oxygen atoms in total. The molecule has 9 heteroatoms. The topological polar surface area (TPSA) is 85.5 Å². The van der Waals surface area contributed by atoms with Crippen LogP contribution in [0.3, 0.4) is 0 Å².